The van der Waals surface area contributed by atoms with E-state index in [0.29, 0.717) is 6.54 Å². The first-order chi connectivity index (χ1) is 23.2. The highest BCUT2D eigenvalue weighted by Gasteiger charge is 2.36. The van der Waals surface area contributed by atoms with Gasteiger partial charge in [-0.25, -0.2) is 14.6 Å². The van der Waals surface area contributed by atoms with Crippen LogP contribution in [0.5, 0.6) is 0 Å². The Morgan fingerprint density at radius 1 is 0.796 bits per heavy atom. The number of fused-ring (bicyclic) bond motifs is 1. The van der Waals surface area contributed by atoms with Crippen LogP contribution in [0.15, 0.2) is 66.9 Å². The van der Waals surface area contributed by atoms with Crippen molar-refractivity contribution in [2.24, 2.45) is 5.92 Å². The van der Waals surface area contributed by atoms with E-state index in [1.807, 2.05) is 65.9 Å². The van der Waals surface area contributed by atoms with Gasteiger partial charge >= 0.3 is 12.2 Å². The summed E-state index contributed by atoms with van der Waals surface area (Å²) in [6.45, 7) is 11.8. The minimum atomic E-state index is -0.593. The van der Waals surface area contributed by atoms with Gasteiger partial charge in [0, 0.05) is 18.3 Å². The molecule has 4 aromatic rings. The molecule has 10 heteroatoms. The molecule has 2 heterocycles. The zero-order valence-electron chi connectivity index (χ0n) is 29.3. The number of aromatic amines is 1. The van der Waals surface area contributed by atoms with Crippen molar-refractivity contribution in [3.63, 3.8) is 0 Å². The predicted molar refractivity (Wildman–Crippen MR) is 191 cm³/mol. The molecule has 3 aromatic carbocycles. The molecule has 1 saturated heterocycles. The molecule has 0 unspecified atom stereocenters. The molecule has 6 rings (SSSR count). The Labute approximate surface area is 288 Å². The number of imidazole rings is 1. The number of nitrogens with zero attached hydrogens (tertiary/aromatic N) is 2. The summed E-state index contributed by atoms with van der Waals surface area (Å²) in [6.07, 6.45) is 5.12. The second-order valence-corrected chi connectivity index (χ2v) is 15.1. The topological polar surface area (TPSA) is 126 Å². The number of likely N-dealkylation sites (tertiary alicyclic amines) is 1. The number of aromatic nitrogens is 2. The molecule has 1 saturated carbocycles. The molecule has 0 bridgehead atoms. The Hall–Kier alpha value is -4.86. The van der Waals surface area contributed by atoms with Gasteiger partial charge in [-0.2, -0.15) is 0 Å². The first kappa shape index (κ1) is 34.0. The maximum Gasteiger partial charge on any atom is 0.410 e. The minimum Gasteiger partial charge on any atom is -0.444 e. The Bertz CT molecular complexity index is 1840. The summed E-state index contributed by atoms with van der Waals surface area (Å²) >= 11 is 0. The SMILES string of the molecule is CC(C)(C)OC(=O)N[C@H]1CCC[C@@H]1C(=O)Nc1ccc2cc(-c3ccc(-c4cnc([C@@H]5CCCN5C(=O)OC(C)(C)C)[nH]4)cc3)ccc2c1. The van der Waals surface area contributed by atoms with Crippen LogP contribution < -0.4 is 10.6 Å². The fourth-order valence-electron chi connectivity index (χ4n) is 6.73. The number of carbonyl (C=O) groups excluding carboxylic acids is 3. The van der Waals surface area contributed by atoms with E-state index in [1.54, 1.807) is 4.90 Å². The number of rotatable bonds is 6. The number of hydrogen-bond donors (Lipinski definition) is 3. The van der Waals surface area contributed by atoms with Crippen LogP contribution in [0, 0.1) is 5.92 Å². The van der Waals surface area contributed by atoms with Crippen molar-refractivity contribution in [1.82, 2.24) is 20.2 Å². The van der Waals surface area contributed by atoms with E-state index < -0.39 is 17.3 Å². The molecule has 10 nitrogen and oxygen atoms in total. The molecule has 2 aliphatic rings. The van der Waals surface area contributed by atoms with Crippen LogP contribution >= 0.6 is 0 Å². The highest BCUT2D eigenvalue weighted by molar-refractivity contribution is 5.97. The average Bonchev–Trinajstić information content (AvgIpc) is 3.80. The number of benzene rings is 3. The van der Waals surface area contributed by atoms with Gasteiger partial charge in [0.15, 0.2) is 0 Å². The van der Waals surface area contributed by atoms with Crippen LogP contribution in [-0.2, 0) is 14.3 Å². The molecule has 49 heavy (non-hydrogen) atoms. The Morgan fingerprint density at radius 3 is 2.20 bits per heavy atom. The summed E-state index contributed by atoms with van der Waals surface area (Å²) < 4.78 is 11.0. The van der Waals surface area contributed by atoms with Crippen LogP contribution in [0.4, 0.5) is 15.3 Å². The fraction of sp³-hybridized carbons (Fsp3) is 0.436. The van der Waals surface area contributed by atoms with E-state index in [0.717, 1.165) is 76.8 Å². The van der Waals surface area contributed by atoms with Crippen LogP contribution in [0.3, 0.4) is 0 Å². The van der Waals surface area contributed by atoms with Crippen LogP contribution in [0.2, 0.25) is 0 Å². The summed E-state index contributed by atoms with van der Waals surface area (Å²) in [4.78, 5) is 48.2. The van der Waals surface area contributed by atoms with Gasteiger partial charge in [-0.3, -0.25) is 9.69 Å². The zero-order chi connectivity index (χ0) is 34.9. The first-order valence-electron chi connectivity index (χ1n) is 17.2. The van der Waals surface area contributed by atoms with E-state index in [1.165, 1.54) is 0 Å². The molecular formula is C39H47N5O5. The lowest BCUT2D eigenvalue weighted by atomic mass is 9.99. The van der Waals surface area contributed by atoms with Crippen molar-refractivity contribution < 1.29 is 23.9 Å². The van der Waals surface area contributed by atoms with Gasteiger partial charge in [-0.15, -0.1) is 0 Å². The molecule has 1 aliphatic heterocycles. The third kappa shape index (κ3) is 8.24. The molecule has 3 N–H and O–H groups in total. The summed E-state index contributed by atoms with van der Waals surface area (Å²) in [5, 5.41) is 8.05. The number of H-pyrrole nitrogens is 1. The second-order valence-electron chi connectivity index (χ2n) is 15.1. The quantitative estimate of drug-likeness (QED) is 0.189. The van der Waals surface area contributed by atoms with Crippen molar-refractivity contribution in [2.45, 2.75) is 96.9 Å². The van der Waals surface area contributed by atoms with Gasteiger partial charge in [-0.05, 0) is 113 Å². The van der Waals surface area contributed by atoms with Gasteiger partial charge in [0.05, 0.1) is 23.9 Å². The normalized spacial score (nSPS) is 19.6. The van der Waals surface area contributed by atoms with Crippen LogP contribution in [0.25, 0.3) is 33.2 Å². The molecule has 1 aromatic heterocycles. The number of nitrogens with one attached hydrogen (secondary N) is 3. The van der Waals surface area contributed by atoms with E-state index >= 15 is 0 Å². The lowest BCUT2D eigenvalue weighted by Crippen LogP contribution is -2.44. The van der Waals surface area contributed by atoms with E-state index in [9.17, 15) is 14.4 Å². The molecule has 0 radical (unpaired) electrons. The van der Waals surface area contributed by atoms with Crippen molar-refractivity contribution >= 4 is 34.6 Å². The van der Waals surface area contributed by atoms with Gasteiger partial charge < -0.3 is 25.1 Å². The van der Waals surface area contributed by atoms with Gasteiger partial charge in [0.1, 0.15) is 17.0 Å². The van der Waals surface area contributed by atoms with Crippen molar-refractivity contribution in [2.75, 3.05) is 11.9 Å². The molecule has 1 aliphatic carbocycles. The maximum absolute atomic E-state index is 13.2. The van der Waals surface area contributed by atoms with E-state index in [2.05, 4.69) is 63.1 Å². The number of anilines is 1. The Kier molecular flexibility index (Phi) is 9.42. The molecule has 3 amide bonds. The number of ether oxygens (including phenoxy) is 2. The van der Waals surface area contributed by atoms with Crippen molar-refractivity contribution in [3.05, 3.63) is 72.7 Å². The second kappa shape index (κ2) is 13.6. The molecule has 2 fully saturated rings. The predicted octanol–water partition coefficient (Wildman–Crippen LogP) is 8.60. The lowest BCUT2D eigenvalue weighted by molar-refractivity contribution is -0.120. The van der Waals surface area contributed by atoms with Crippen LogP contribution in [-0.4, -0.2) is 56.8 Å². The largest absolute Gasteiger partial charge is 0.444 e. The fourth-order valence-corrected chi connectivity index (χ4v) is 6.73. The maximum atomic E-state index is 13.2. The zero-order valence-corrected chi connectivity index (χ0v) is 29.3. The molecule has 3 atom stereocenters. The van der Waals surface area contributed by atoms with Crippen molar-refractivity contribution in [1.29, 1.82) is 0 Å². The van der Waals surface area contributed by atoms with Gasteiger partial charge in [0.2, 0.25) is 5.91 Å². The summed E-state index contributed by atoms with van der Waals surface area (Å²) in [5.74, 6) is 0.368. The molecule has 258 valence electrons. The lowest BCUT2D eigenvalue weighted by Gasteiger charge is -2.27. The van der Waals surface area contributed by atoms with E-state index in [4.69, 9.17) is 9.47 Å². The molecular weight excluding hydrogens is 618 g/mol. The summed E-state index contributed by atoms with van der Waals surface area (Å²) in [6, 6.07) is 20.2. The van der Waals surface area contributed by atoms with Gasteiger partial charge in [0.25, 0.3) is 0 Å². The smallest absolute Gasteiger partial charge is 0.410 e. The first-order valence-corrected chi connectivity index (χ1v) is 17.2. The summed E-state index contributed by atoms with van der Waals surface area (Å²) in [5.41, 5.74) is 3.66. The number of carbonyl (C=O) groups is 3. The Balaban J connectivity index is 1.09. The number of amides is 3. The summed E-state index contributed by atoms with van der Waals surface area (Å²) in [7, 11) is 0. The minimum absolute atomic E-state index is 0.0948. The van der Waals surface area contributed by atoms with E-state index in [-0.39, 0.29) is 30.0 Å². The number of hydrogen-bond acceptors (Lipinski definition) is 6. The van der Waals surface area contributed by atoms with Crippen molar-refractivity contribution in [3.8, 4) is 22.4 Å². The number of alkyl carbamates (subject to hydrolysis) is 1. The standard InChI is InChI=1S/C39H47N5O5/c1-38(2,3)48-36(46)43-31-10-7-9-30(31)35(45)41-29-19-18-27-21-26(16-17-28(27)22-29)24-12-14-25(15-13-24)32-23-40-34(42-32)33-11-8-20-44(33)37(47)49-39(4,5)6/h12-19,21-23,30-31,33H,7-11,20H2,1-6H3,(H,40,42)(H,41,45)(H,43,46)/t30-,31-,33-/m0/s1. The van der Waals surface area contributed by atoms with Crippen LogP contribution in [0.1, 0.15) is 85.5 Å². The monoisotopic (exact) mass is 665 g/mol. The highest BCUT2D eigenvalue weighted by Crippen LogP contribution is 2.34. The third-order valence-electron chi connectivity index (χ3n) is 8.98. The average molecular weight is 666 g/mol. The third-order valence-corrected chi connectivity index (χ3v) is 8.98. The highest BCUT2D eigenvalue weighted by atomic mass is 16.6. The Morgan fingerprint density at radius 2 is 1.47 bits per heavy atom. The van der Waals surface area contributed by atoms with Gasteiger partial charge in [-0.1, -0.05) is 48.9 Å². The molecule has 0 spiro atoms.